The third-order valence-electron chi connectivity index (χ3n) is 6.90. The lowest BCUT2D eigenvalue weighted by Crippen LogP contribution is -2.48. The molecule has 1 aromatic carbocycles. The van der Waals surface area contributed by atoms with Gasteiger partial charge in [0.25, 0.3) is 5.91 Å². The predicted molar refractivity (Wildman–Crippen MR) is 149 cm³/mol. The number of anilines is 1. The number of fused-ring (bicyclic) bond motifs is 5. The van der Waals surface area contributed by atoms with Crippen LogP contribution in [0.5, 0.6) is 0 Å². The molecule has 5 rings (SSSR count). The quantitative estimate of drug-likeness (QED) is 0.352. The van der Waals surface area contributed by atoms with E-state index in [1.807, 2.05) is 33.6 Å². The third-order valence-corrected chi connectivity index (χ3v) is 8.04. The molecule has 37 heavy (non-hydrogen) atoms. The molecule has 0 radical (unpaired) electrons. The smallest absolute Gasteiger partial charge is 0.258 e. The minimum absolute atomic E-state index is 0.0973. The highest BCUT2D eigenvalue weighted by Gasteiger charge is 2.26. The van der Waals surface area contributed by atoms with E-state index in [0.29, 0.717) is 41.2 Å². The zero-order valence-corrected chi connectivity index (χ0v) is 22.1. The highest BCUT2D eigenvalue weighted by atomic mass is 32.1. The molecule has 1 aliphatic heterocycles. The van der Waals surface area contributed by atoms with Crippen LogP contribution in [0.2, 0.25) is 0 Å². The number of nitrogens with zero attached hydrogens (tertiary/aromatic N) is 4. The first kappa shape index (κ1) is 25.2. The van der Waals surface area contributed by atoms with E-state index in [4.69, 9.17) is 0 Å². The zero-order chi connectivity index (χ0) is 25.9. The van der Waals surface area contributed by atoms with Gasteiger partial charge in [0.1, 0.15) is 10.4 Å². The number of nitrogens with one attached hydrogen (secondary N) is 2. The predicted octanol–water partition coefficient (Wildman–Crippen LogP) is 2.85. The van der Waals surface area contributed by atoms with Crippen LogP contribution in [-0.4, -0.2) is 71.9 Å². The number of pyridine rings is 2. The van der Waals surface area contributed by atoms with Crippen LogP contribution < -0.4 is 21.0 Å². The number of rotatable bonds is 9. The van der Waals surface area contributed by atoms with Crippen LogP contribution in [0.4, 0.5) is 5.69 Å². The van der Waals surface area contributed by atoms with Crippen LogP contribution in [0.3, 0.4) is 0 Å². The van der Waals surface area contributed by atoms with Gasteiger partial charge in [0.15, 0.2) is 5.65 Å². The fourth-order valence-corrected chi connectivity index (χ4v) is 6.13. The average Bonchev–Trinajstić information content (AvgIpc) is 3.29. The van der Waals surface area contributed by atoms with Gasteiger partial charge in [-0.15, -0.1) is 11.3 Å². The second-order valence-electron chi connectivity index (χ2n) is 9.26. The Morgan fingerprint density at radius 3 is 2.81 bits per heavy atom. The fraction of sp³-hybridized carbons (Fsp3) is 0.407. The Labute approximate surface area is 219 Å². The van der Waals surface area contributed by atoms with Crippen molar-refractivity contribution in [2.75, 3.05) is 50.7 Å². The van der Waals surface area contributed by atoms with Crippen LogP contribution >= 0.6 is 11.3 Å². The van der Waals surface area contributed by atoms with Crippen LogP contribution in [-0.2, 0) is 4.79 Å². The average molecular weight is 521 g/mol. The summed E-state index contributed by atoms with van der Waals surface area (Å²) in [6.45, 7) is 8.57. The summed E-state index contributed by atoms with van der Waals surface area (Å²) in [4.78, 5) is 49.1. The Morgan fingerprint density at radius 1 is 1.19 bits per heavy atom. The number of likely N-dealkylation sites (N-methyl/N-ethyl adjacent to an activating group) is 1. The van der Waals surface area contributed by atoms with Crippen molar-refractivity contribution in [3.8, 4) is 0 Å². The van der Waals surface area contributed by atoms with Crippen molar-refractivity contribution in [3.63, 3.8) is 0 Å². The number of carbonyl (C=O) groups is 2. The minimum Gasteiger partial charge on any atom is -0.360 e. The molecule has 1 saturated heterocycles. The molecule has 0 aliphatic carbocycles. The molecular weight excluding hydrogens is 488 g/mol. The van der Waals surface area contributed by atoms with Crippen molar-refractivity contribution in [3.05, 3.63) is 52.3 Å². The zero-order valence-electron chi connectivity index (χ0n) is 21.2. The van der Waals surface area contributed by atoms with E-state index in [-0.39, 0.29) is 29.4 Å². The largest absolute Gasteiger partial charge is 0.360 e. The molecule has 1 aliphatic rings. The molecule has 0 bridgehead atoms. The molecule has 4 aromatic rings. The number of carbonyl (C=O) groups excluding carboxylic acids is 2. The lowest BCUT2D eigenvalue weighted by atomic mass is 10.1. The van der Waals surface area contributed by atoms with Crippen molar-refractivity contribution in [2.45, 2.75) is 26.7 Å². The van der Waals surface area contributed by atoms with Gasteiger partial charge in [-0.3, -0.25) is 18.8 Å². The molecule has 9 nitrogen and oxygen atoms in total. The third kappa shape index (κ3) is 4.78. The number of amides is 2. The number of hydrogen-bond acceptors (Lipinski definition) is 7. The van der Waals surface area contributed by atoms with Gasteiger partial charge in [-0.2, -0.15) is 0 Å². The number of hydrogen-bond donors (Lipinski definition) is 2. The second-order valence-corrected chi connectivity index (χ2v) is 10.3. The van der Waals surface area contributed by atoms with Gasteiger partial charge in [-0.25, -0.2) is 4.98 Å². The van der Waals surface area contributed by atoms with Crippen molar-refractivity contribution in [1.29, 1.82) is 0 Å². The summed E-state index contributed by atoms with van der Waals surface area (Å²) in [6.07, 6.45) is 3.90. The summed E-state index contributed by atoms with van der Waals surface area (Å²) in [5, 5.41) is 6.19. The van der Waals surface area contributed by atoms with E-state index in [1.165, 1.54) is 11.3 Å². The Balaban J connectivity index is 1.63. The molecule has 0 atom stereocenters. The van der Waals surface area contributed by atoms with Gasteiger partial charge in [0.2, 0.25) is 11.3 Å². The van der Waals surface area contributed by atoms with Crippen LogP contribution in [0.15, 0.2) is 41.3 Å². The van der Waals surface area contributed by atoms with E-state index >= 15 is 0 Å². The first-order valence-electron chi connectivity index (χ1n) is 12.9. The molecule has 10 heteroatoms. The van der Waals surface area contributed by atoms with Crippen molar-refractivity contribution < 1.29 is 9.59 Å². The SMILES string of the molecule is CCCCN(CC)CCNC(=O)c1c(=O)c2c(N3CCNC(=O)C3)ccnc2n2c1sc1ccccc12. The summed E-state index contributed by atoms with van der Waals surface area (Å²) >= 11 is 1.42. The molecule has 2 N–H and O–H groups in total. The van der Waals surface area contributed by atoms with Crippen molar-refractivity contribution in [1.82, 2.24) is 24.9 Å². The number of aromatic nitrogens is 2. The van der Waals surface area contributed by atoms with Crippen molar-refractivity contribution in [2.24, 2.45) is 0 Å². The van der Waals surface area contributed by atoms with E-state index in [1.54, 1.807) is 12.3 Å². The molecule has 194 valence electrons. The maximum Gasteiger partial charge on any atom is 0.258 e. The van der Waals surface area contributed by atoms with Gasteiger partial charge >= 0.3 is 0 Å². The highest BCUT2D eigenvalue weighted by molar-refractivity contribution is 7.24. The first-order chi connectivity index (χ1) is 18.0. The summed E-state index contributed by atoms with van der Waals surface area (Å²) in [6, 6.07) is 9.60. The summed E-state index contributed by atoms with van der Waals surface area (Å²) in [7, 11) is 0. The number of para-hydroxylation sites is 1. The fourth-order valence-electron chi connectivity index (χ4n) is 4.94. The maximum absolute atomic E-state index is 14.1. The van der Waals surface area contributed by atoms with E-state index in [2.05, 4.69) is 34.4 Å². The normalized spacial score (nSPS) is 14.1. The van der Waals surface area contributed by atoms with Crippen LogP contribution in [0, 0.1) is 0 Å². The summed E-state index contributed by atoms with van der Waals surface area (Å²) < 4.78 is 2.88. The molecule has 3 aromatic heterocycles. The van der Waals surface area contributed by atoms with Gasteiger partial charge < -0.3 is 20.4 Å². The summed E-state index contributed by atoms with van der Waals surface area (Å²) in [5.41, 5.74) is 1.78. The lowest BCUT2D eigenvalue weighted by Gasteiger charge is -2.29. The number of benzene rings is 1. The van der Waals surface area contributed by atoms with E-state index in [9.17, 15) is 14.4 Å². The van der Waals surface area contributed by atoms with Crippen LogP contribution in [0.1, 0.15) is 37.0 Å². The maximum atomic E-state index is 14.1. The Morgan fingerprint density at radius 2 is 2.03 bits per heavy atom. The van der Waals surface area contributed by atoms with Crippen LogP contribution in [0.25, 0.3) is 26.1 Å². The topological polar surface area (TPSA) is 99.0 Å². The molecular formula is C27H32N6O3S. The van der Waals surface area contributed by atoms with Gasteiger partial charge in [0.05, 0.1) is 27.8 Å². The Kier molecular flexibility index (Phi) is 7.38. The van der Waals surface area contributed by atoms with Gasteiger partial charge in [-0.1, -0.05) is 32.4 Å². The lowest BCUT2D eigenvalue weighted by molar-refractivity contribution is -0.120. The van der Waals surface area contributed by atoms with E-state index < -0.39 is 0 Å². The van der Waals surface area contributed by atoms with E-state index in [0.717, 1.165) is 42.7 Å². The standard InChI is InChI=1S/C27H32N6O3S/c1-3-5-14-31(4-2)15-12-30-26(36)23-24(35)22-19(32-16-13-28-21(34)17-32)10-11-29-25(22)33-18-8-6-7-9-20(18)37-27(23)33/h6-11H,3-5,12-17H2,1-2H3,(H,28,34)(H,30,36). The molecule has 1 fully saturated rings. The summed E-state index contributed by atoms with van der Waals surface area (Å²) in [5.74, 6) is -0.478. The molecule has 2 amide bonds. The number of thiazole rings is 1. The van der Waals surface area contributed by atoms with Gasteiger partial charge in [-0.05, 0) is 37.7 Å². The second kappa shape index (κ2) is 10.9. The number of piperazine rings is 1. The molecule has 4 heterocycles. The molecule has 0 unspecified atom stereocenters. The first-order valence-corrected chi connectivity index (χ1v) is 13.7. The molecule has 0 spiro atoms. The highest BCUT2D eigenvalue weighted by Crippen LogP contribution is 2.33. The van der Waals surface area contributed by atoms with Gasteiger partial charge in [0, 0.05) is 32.4 Å². The Hall–Kier alpha value is -3.50. The Bertz CT molecular complexity index is 1530. The number of unbranched alkanes of at least 4 members (excludes halogenated alkanes) is 1. The minimum atomic E-state index is -0.381. The molecule has 0 saturated carbocycles. The van der Waals surface area contributed by atoms with Crippen molar-refractivity contribution >= 4 is 54.9 Å². The monoisotopic (exact) mass is 520 g/mol.